The SMILES string of the molecule is Cc1cc(-c2ccccc2)cc(C)c1-n1ccnc1-c1[c-]ccc2c1nc(C)n2C.[Ir]. The molecule has 0 saturated heterocycles. The van der Waals surface area contributed by atoms with Crippen molar-refractivity contribution in [2.75, 3.05) is 0 Å². The van der Waals surface area contributed by atoms with Crippen LogP contribution in [0.25, 0.3) is 39.2 Å². The summed E-state index contributed by atoms with van der Waals surface area (Å²) in [6.07, 6.45) is 3.87. The predicted molar refractivity (Wildman–Crippen MR) is 122 cm³/mol. The average molecular weight is 584 g/mol. The van der Waals surface area contributed by atoms with Crippen molar-refractivity contribution in [2.45, 2.75) is 20.8 Å². The van der Waals surface area contributed by atoms with Gasteiger partial charge in [0, 0.05) is 50.8 Å². The van der Waals surface area contributed by atoms with Crippen molar-refractivity contribution in [3.8, 4) is 28.2 Å². The molecule has 0 aliphatic rings. The fraction of sp³-hybridized carbons (Fsp3) is 0.154. The van der Waals surface area contributed by atoms with Gasteiger partial charge in [0.1, 0.15) is 0 Å². The van der Waals surface area contributed by atoms with Crippen LogP contribution < -0.4 is 0 Å². The maximum absolute atomic E-state index is 4.78. The van der Waals surface area contributed by atoms with Crippen LogP contribution >= 0.6 is 0 Å². The van der Waals surface area contributed by atoms with Crippen molar-refractivity contribution in [1.29, 1.82) is 0 Å². The Labute approximate surface area is 195 Å². The molecule has 5 rings (SSSR count). The minimum Gasteiger partial charge on any atom is -0.349 e. The third kappa shape index (κ3) is 3.54. The van der Waals surface area contributed by atoms with Crippen LogP contribution in [0, 0.1) is 26.8 Å². The maximum atomic E-state index is 4.78. The molecule has 0 atom stereocenters. The van der Waals surface area contributed by atoms with Crippen molar-refractivity contribution >= 4 is 11.0 Å². The standard InChI is InChI=1S/C26H23N4.Ir/c1-17-15-21(20-9-6-5-7-10-20)16-18(2)25(17)30-14-13-27-26(30)22-11-8-12-23-24(22)28-19(3)29(23)4;/h5-10,12-16H,1-4H3;/q-1;. The summed E-state index contributed by atoms with van der Waals surface area (Å²) in [6.45, 7) is 6.34. The molecule has 157 valence electrons. The van der Waals surface area contributed by atoms with Gasteiger partial charge in [-0.3, -0.25) is 9.97 Å². The van der Waals surface area contributed by atoms with Crippen LogP contribution in [0.5, 0.6) is 0 Å². The number of imidazole rings is 2. The molecule has 2 aromatic heterocycles. The zero-order chi connectivity index (χ0) is 20.8. The molecule has 0 spiro atoms. The van der Waals surface area contributed by atoms with Gasteiger partial charge in [-0.05, 0) is 60.7 Å². The third-order valence-electron chi connectivity index (χ3n) is 5.77. The third-order valence-corrected chi connectivity index (χ3v) is 5.77. The number of hydrogen-bond donors (Lipinski definition) is 0. The molecule has 0 N–H and O–H groups in total. The molecule has 5 heteroatoms. The molecule has 4 nitrogen and oxygen atoms in total. The van der Waals surface area contributed by atoms with Crippen molar-refractivity contribution < 1.29 is 20.1 Å². The Bertz CT molecular complexity index is 1360. The number of hydrogen-bond acceptors (Lipinski definition) is 2. The molecule has 2 heterocycles. The van der Waals surface area contributed by atoms with Gasteiger partial charge in [0.25, 0.3) is 0 Å². The molecule has 0 fully saturated rings. The summed E-state index contributed by atoms with van der Waals surface area (Å²) in [5.74, 6) is 1.83. The molecule has 0 amide bonds. The first kappa shape index (κ1) is 21.2. The van der Waals surface area contributed by atoms with E-state index in [0.29, 0.717) is 0 Å². The molecule has 31 heavy (non-hydrogen) atoms. The summed E-state index contributed by atoms with van der Waals surface area (Å²) in [4.78, 5) is 9.48. The number of nitrogens with zero attached hydrogens (tertiary/aromatic N) is 4. The zero-order valence-electron chi connectivity index (χ0n) is 18.0. The fourth-order valence-corrected chi connectivity index (χ4v) is 4.25. The maximum Gasteiger partial charge on any atom is 0.0941 e. The van der Waals surface area contributed by atoms with Gasteiger partial charge in [-0.15, -0.1) is 18.2 Å². The van der Waals surface area contributed by atoms with E-state index in [1.165, 1.54) is 22.3 Å². The second-order valence-electron chi connectivity index (χ2n) is 7.75. The first-order chi connectivity index (χ1) is 14.5. The molecule has 3 aromatic carbocycles. The smallest absolute Gasteiger partial charge is 0.0941 e. The summed E-state index contributed by atoms with van der Waals surface area (Å²) < 4.78 is 4.26. The number of aromatic nitrogens is 4. The molecule has 0 bridgehead atoms. The monoisotopic (exact) mass is 584 g/mol. The van der Waals surface area contributed by atoms with Gasteiger partial charge in [-0.2, -0.15) is 0 Å². The Morgan fingerprint density at radius 3 is 2.32 bits per heavy atom. The van der Waals surface area contributed by atoms with Crippen LogP contribution in [0.1, 0.15) is 17.0 Å². The first-order valence-corrected chi connectivity index (χ1v) is 10.1. The van der Waals surface area contributed by atoms with Crippen LogP contribution in [-0.4, -0.2) is 19.1 Å². The summed E-state index contributed by atoms with van der Waals surface area (Å²) in [7, 11) is 2.04. The van der Waals surface area contributed by atoms with Crippen molar-refractivity contribution in [3.63, 3.8) is 0 Å². The zero-order valence-corrected chi connectivity index (χ0v) is 20.4. The summed E-state index contributed by atoms with van der Waals surface area (Å²) in [5.41, 5.74) is 8.96. The van der Waals surface area contributed by atoms with Gasteiger partial charge in [-0.25, -0.2) is 0 Å². The summed E-state index contributed by atoms with van der Waals surface area (Å²) in [6, 6.07) is 22.4. The molecule has 5 aromatic rings. The largest absolute Gasteiger partial charge is 0.349 e. The fourth-order valence-electron chi connectivity index (χ4n) is 4.25. The van der Waals surface area contributed by atoms with Gasteiger partial charge in [0.15, 0.2) is 0 Å². The second-order valence-corrected chi connectivity index (χ2v) is 7.75. The normalized spacial score (nSPS) is 11.0. The van der Waals surface area contributed by atoms with E-state index < -0.39 is 0 Å². The Kier molecular flexibility index (Phi) is 5.65. The Hall–Kier alpha value is -3.01. The van der Waals surface area contributed by atoms with E-state index in [0.717, 1.165) is 33.9 Å². The number of fused-ring (bicyclic) bond motifs is 1. The van der Waals surface area contributed by atoms with Gasteiger partial charge < -0.3 is 9.13 Å². The van der Waals surface area contributed by atoms with E-state index >= 15 is 0 Å². The molecule has 0 aliphatic carbocycles. The van der Waals surface area contributed by atoms with Gasteiger partial charge in [0.2, 0.25) is 0 Å². The quantitative estimate of drug-likeness (QED) is 0.251. The number of benzene rings is 3. The van der Waals surface area contributed by atoms with E-state index in [1.54, 1.807) is 0 Å². The average Bonchev–Trinajstić information content (AvgIpc) is 3.33. The van der Waals surface area contributed by atoms with Crippen molar-refractivity contribution in [1.82, 2.24) is 19.1 Å². The van der Waals surface area contributed by atoms with E-state index in [4.69, 9.17) is 9.97 Å². The van der Waals surface area contributed by atoms with E-state index in [2.05, 4.69) is 71.5 Å². The number of aryl methyl sites for hydroxylation is 4. The predicted octanol–water partition coefficient (Wildman–Crippen LogP) is 5.82. The summed E-state index contributed by atoms with van der Waals surface area (Å²) in [5, 5.41) is 0. The topological polar surface area (TPSA) is 35.6 Å². The van der Waals surface area contributed by atoms with Crippen LogP contribution in [0.4, 0.5) is 0 Å². The minimum atomic E-state index is 0. The first-order valence-electron chi connectivity index (χ1n) is 10.1. The van der Waals surface area contributed by atoms with Crippen molar-refractivity contribution in [2.24, 2.45) is 7.05 Å². The van der Waals surface area contributed by atoms with Crippen LogP contribution in [0.15, 0.2) is 67.0 Å². The van der Waals surface area contributed by atoms with Crippen molar-refractivity contribution in [3.05, 3.63) is 90.0 Å². The molecule has 1 radical (unpaired) electrons. The molecule has 0 unspecified atom stereocenters. The van der Waals surface area contributed by atoms with Gasteiger partial charge in [-0.1, -0.05) is 35.9 Å². The summed E-state index contributed by atoms with van der Waals surface area (Å²) >= 11 is 0. The Morgan fingerprint density at radius 2 is 1.61 bits per heavy atom. The van der Waals surface area contributed by atoms with Gasteiger partial charge in [0.05, 0.1) is 11.6 Å². The van der Waals surface area contributed by atoms with E-state index in [9.17, 15) is 0 Å². The molecular formula is C26H23IrN4-. The van der Waals surface area contributed by atoms with Crippen LogP contribution in [-0.2, 0) is 27.2 Å². The number of rotatable bonds is 3. The molecule has 0 aliphatic heterocycles. The van der Waals surface area contributed by atoms with Crippen LogP contribution in [0.2, 0.25) is 0 Å². The second kappa shape index (κ2) is 8.26. The van der Waals surface area contributed by atoms with Gasteiger partial charge >= 0.3 is 0 Å². The van der Waals surface area contributed by atoms with E-state index in [1.807, 2.05) is 38.5 Å². The molecular weight excluding hydrogens is 561 g/mol. The Balaban J connectivity index is 0.00000231. The minimum absolute atomic E-state index is 0. The van der Waals surface area contributed by atoms with Crippen LogP contribution in [0.3, 0.4) is 0 Å². The molecule has 0 saturated carbocycles. The van der Waals surface area contributed by atoms with E-state index in [-0.39, 0.29) is 20.1 Å². The Morgan fingerprint density at radius 1 is 0.903 bits per heavy atom.